The second-order valence-corrected chi connectivity index (χ2v) is 5.96. The van der Waals surface area contributed by atoms with Crippen LogP contribution in [0, 0.1) is 6.92 Å². The molecule has 0 spiro atoms. The smallest absolute Gasteiger partial charge is 0.241 e. The molecular weight excluding hydrogens is 292 g/mol. The summed E-state index contributed by atoms with van der Waals surface area (Å²) < 4.78 is 26.2. The third-order valence-corrected chi connectivity index (χ3v) is 4.38. The van der Waals surface area contributed by atoms with E-state index in [-0.39, 0.29) is 4.90 Å². The maximum absolute atomic E-state index is 12.2. The number of nitrogens with zero attached hydrogens (tertiary/aromatic N) is 2. The molecule has 0 aliphatic carbocycles. The SMILES string of the molecule is Cc1nccn1S(=O)(=O)c1cccc(Br)c1. The third kappa shape index (κ3) is 1.90. The molecule has 0 aliphatic heterocycles. The fourth-order valence-electron chi connectivity index (χ4n) is 1.36. The number of aromatic nitrogens is 2. The van der Waals surface area contributed by atoms with Crippen LogP contribution in [0.2, 0.25) is 0 Å². The summed E-state index contributed by atoms with van der Waals surface area (Å²) in [5.74, 6) is 0.444. The van der Waals surface area contributed by atoms with Crippen molar-refractivity contribution in [3.8, 4) is 0 Å². The topological polar surface area (TPSA) is 52.0 Å². The van der Waals surface area contributed by atoms with Crippen molar-refractivity contribution >= 4 is 26.0 Å². The quantitative estimate of drug-likeness (QED) is 0.854. The highest BCUT2D eigenvalue weighted by molar-refractivity contribution is 9.10. The summed E-state index contributed by atoms with van der Waals surface area (Å²) in [5.41, 5.74) is 0. The largest absolute Gasteiger partial charge is 0.269 e. The minimum absolute atomic E-state index is 0.239. The molecule has 0 bridgehead atoms. The van der Waals surface area contributed by atoms with Crippen molar-refractivity contribution in [2.75, 3.05) is 0 Å². The van der Waals surface area contributed by atoms with E-state index in [9.17, 15) is 8.42 Å². The van der Waals surface area contributed by atoms with Crippen LogP contribution in [-0.2, 0) is 10.0 Å². The lowest BCUT2D eigenvalue weighted by atomic mass is 10.4. The fourth-order valence-corrected chi connectivity index (χ4v) is 3.28. The molecule has 0 saturated carbocycles. The number of rotatable bonds is 2. The standard InChI is InChI=1S/C10H9BrN2O2S/c1-8-12-5-6-13(8)16(14,15)10-4-2-3-9(11)7-10/h2-7H,1H3. The Hall–Kier alpha value is -1.14. The van der Waals surface area contributed by atoms with Crippen molar-refractivity contribution in [2.24, 2.45) is 0 Å². The van der Waals surface area contributed by atoms with Crippen LogP contribution in [0.5, 0.6) is 0 Å². The highest BCUT2D eigenvalue weighted by atomic mass is 79.9. The lowest BCUT2D eigenvalue weighted by Gasteiger charge is -2.07. The van der Waals surface area contributed by atoms with E-state index in [1.807, 2.05) is 0 Å². The first-order valence-electron chi connectivity index (χ1n) is 4.53. The lowest BCUT2D eigenvalue weighted by molar-refractivity contribution is 0.585. The molecule has 84 valence electrons. The highest BCUT2D eigenvalue weighted by Gasteiger charge is 2.18. The van der Waals surface area contributed by atoms with Crippen LogP contribution >= 0.6 is 15.9 Å². The van der Waals surface area contributed by atoms with Crippen molar-refractivity contribution in [1.82, 2.24) is 8.96 Å². The van der Waals surface area contributed by atoms with Gasteiger partial charge in [-0.3, -0.25) is 0 Å². The summed E-state index contributed by atoms with van der Waals surface area (Å²) in [4.78, 5) is 4.14. The van der Waals surface area contributed by atoms with E-state index in [2.05, 4.69) is 20.9 Å². The Labute approximate surface area is 102 Å². The van der Waals surface area contributed by atoms with E-state index < -0.39 is 10.0 Å². The Bertz CT molecular complexity index is 619. The number of imidazole rings is 1. The minimum Gasteiger partial charge on any atom is -0.241 e. The lowest BCUT2D eigenvalue weighted by Crippen LogP contribution is -2.13. The van der Waals surface area contributed by atoms with Gasteiger partial charge in [0.2, 0.25) is 0 Å². The predicted octanol–water partition coefficient (Wildman–Crippen LogP) is 2.19. The van der Waals surface area contributed by atoms with Crippen molar-refractivity contribution in [2.45, 2.75) is 11.8 Å². The predicted molar refractivity (Wildman–Crippen MR) is 63.7 cm³/mol. The average molecular weight is 301 g/mol. The fraction of sp³-hybridized carbons (Fsp3) is 0.100. The number of hydrogen-bond donors (Lipinski definition) is 0. The van der Waals surface area contributed by atoms with Crippen molar-refractivity contribution in [1.29, 1.82) is 0 Å². The van der Waals surface area contributed by atoms with Crippen molar-refractivity contribution in [3.05, 3.63) is 47.0 Å². The molecule has 2 rings (SSSR count). The van der Waals surface area contributed by atoms with Gasteiger partial charge in [0, 0.05) is 16.9 Å². The van der Waals surface area contributed by atoms with Gasteiger partial charge in [-0.2, -0.15) is 0 Å². The average Bonchev–Trinajstić information content (AvgIpc) is 2.65. The van der Waals surface area contributed by atoms with Crippen LogP contribution in [0.4, 0.5) is 0 Å². The Kier molecular flexibility index (Phi) is 2.86. The normalized spacial score (nSPS) is 11.6. The summed E-state index contributed by atoms with van der Waals surface area (Å²) in [6.07, 6.45) is 2.90. The monoisotopic (exact) mass is 300 g/mol. The van der Waals surface area contributed by atoms with E-state index in [0.717, 1.165) is 8.45 Å². The highest BCUT2D eigenvalue weighted by Crippen LogP contribution is 2.19. The van der Waals surface area contributed by atoms with E-state index in [0.29, 0.717) is 5.82 Å². The van der Waals surface area contributed by atoms with Crippen LogP contribution in [0.25, 0.3) is 0 Å². The van der Waals surface area contributed by atoms with Gasteiger partial charge in [-0.25, -0.2) is 17.4 Å². The molecule has 0 unspecified atom stereocenters. The zero-order valence-electron chi connectivity index (χ0n) is 8.46. The van der Waals surface area contributed by atoms with Crippen molar-refractivity contribution < 1.29 is 8.42 Å². The van der Waals surface area contributed by atoms with E-state index in [4.69, 9.17) is 0 Å². The van der Waals surface area contributed by atoms with Crippen LogP contribution < -0.4 is 0 Å². The van der Waals surface area contributed by atoms with Crippen LogP contribution in [0.15, 0.2) is 46.0 Å². The molecule has 1 heterocycles. The van der Waals surface area contributed by atoms with Gasteiger partial charge in [0.25, 0.3) is 10.0 Å². The van der Waals surface area contributed by atoms with Gasteiger partial charge < -0.3 is 0 Å². The summed E-state index contributed by atoms with van der Waals surface area (Å²) in [5, 5.41) is 0. The zero-order chi connectivity index (χ0) is 11.8. The summed E-state index contributed by atoms with van der Waals surface area (Å²) in [7, 11) is -3.52. The molecule has 1 aromatic heterocycles. The molecule has 4 nitrogen and oxygen atoms in total. The van der Waals surface area contributed by atoms with Gasteiger partial charge in [-0.15, -0.1) is 0 Å². The summed E-state index contributed by atoms with van der Waals surface area (Å²) in [6.45, 7) is 1.65. The second kappa shape index (κ2) is 4.03. The molecule has 0 saturated heterocycles. The van der Waals surface area contributed by atoms with Crippen LogP contribution in [-0.4, -0.2) is 17.4 Å². The van der Waals surface area contributed by atoms with Gasteiger partial charge in [0.1, 0.15) is 5.82 Å². The molecule has 16 heavy (non-hydrogen) atoms. The molecule has 0 atom stereocenters. The Balaban J connectivity index is 2.61. The summed E-state index contributed by atoms with van der Waals surface area (Å²) in [6, 6.07) is 6.58. The molecule has 0 N–H and O–H groups in total. The first-order chi connectivity index (χ1) is 7.51. The molecule has 0 aliphatic rings. The van der Waals surface area contributed by atoms with E-state index in [1.54, 1.807) is 31.2 Å². The molecule has 0 radical (unpaired) electrons. The maximum atomic E-state index is 12.2. The Morgan fingerprint density at radius 2 is 2.12 bits per heavy atom. The first-order valence-corrected chi connectivity index (χ1v) is 6.76. The Morgan fingerprint density at radius 1 is 1.38 bits per heavy atom. The zero-order valence-corrected chi connectivity index (χ0v) is 10.9. The molecule has 0 amide bonds. The number of aryl methyl sites for hydroxylation is 1. The summed E-state index contributed by atoms with van der Waals surface area (Å²) >= 11 is 3.25. The molecular formula is C10H9BrN2O2S. The molecule has 2 aromatic rings. The molecule has 1 aromatic carbocycles. The molecule has 0 fully saturated rings. The number of halogens is 1. The minimum atomic E-state index is -3.52. The first kappa shape index (κ1) is 11.3. The number of benzene rings is 1. The maximum Gasteiger partial charge on any atom is 0.269 e. The molecule has 6 heteroatoms. The van der Waals surface area contributed by atoms with Crippen LogP contribution in [0.3, 0.4) is 0 Å². The second-order valence-electron chi connectivity index (χ2n) is 3.23. The van der Waals surface area contributed by atoms with Crippen LogP contribution in [0.1, 0.15) is 5.82 Å². The van der Waals surface area contributed by atoms with E-state index in [1.165, 1.54) is 12.4 Å². The van der Waals surface area contributed by atoms with Gasteiger partial charge in [0.15, 0.2) is 0 Å². The third-order valence-electron chi connectivity index (χ3n) is 2.14. The van der Waals surface area contributed by atoms with Gasteiger partial charge in [-0.1, -0.05) is 22.0 Å². The van der Waals surface area contributed by atoms with Gasteiger partial charge in [-0.05, 0) is 25.1 Å². The van der Waals surface area contributed by atoms with Gasteiger partial charge in [0.05, 0.1) is 4.90 Å². The van der Waals surface area contributed by atoms with Gasteiger partial charge >= 0.3 is 0 Å². The van der Waals surface area contributed by atoms with Crippen molar-refractivity contribution in [3.63, 3.8) is 0 Å². The Morgan fingerprint density at radius 3 is 2.69 bits per heavy atom. The number of hydrogen-bond acceptors (Lipinski definition) is 3. The van der Waals surface area contributed by atoms with E-state index >= 15 is 0 Å².